The van der Waals surface area contributed by atoms with Gasteiger partial charge in [0.2, 0.25) is 11.8 Å². The number of hydrogen-bond donors (Lipinski definition) is 2. The number of carbonyl (C=O) groups is 2. The number of primary amides is 1. The van der Waals surface area contributed by atoms with Gasteiger partial charge in [0.25, 0.3) is 0 Å². The van der Waals surface area contributed by atoms with Gasteiger partial charge in [0.05, 0.1) is 10.7 Å². The average molecular weight is 284 g/mol. The van der Waals surface area contributed by atoms with Gasteiger partial charge in [-0.05, 0) is 24.6 Å². The highest BCUT2D eigenvalue weighted by Gasteiger charge is 2.07. The molecule has 19 heavy (non-hydrogen) atoms. The van der Waals surface area contributed by atoms with Crippen molar-refractivity contribution < 1.29 is 9.59 Å². The molecule has 1 rings (SSSR count). The Bertz CT molecular complexity index is 475. The minimum Gasteiger partial charge on any atom is -0.376 e. The quantitative estimate of drug-likeness (QED) is 0.838. The van der Waals surface area contributed by atoms with Gasteiger partial charge in [-0.2, -0.15) is 0 Å². The van der Waals surface area contributed by atoms with Gasteiger partial charge >= 0.3 is 0 Å². The van der Waals surface area contributed by atoms with Gasteiger partial charge in [-0.3, -0.25) is 9.59 Å². The monoisotopic (exact) mass is 283 g/mol. The number of nitrogens with one attached hydrogen (secondary N) is 1. The summed E-state index contributed by atoms with van der Waals surface area (Å²) in [4.78, 5) is 24.1. The number of benzene rings is 1. The summed E-state index contributed by atoms with van der Waals surface area (Å²) < 4.78 is 0. The smallest absolute Gasteiger partial charge is 0.224 e. The van der Waals surface area contributed by atoms with Crippen molar-refractivity contribution in [2.75, 3.05) is 24.3 Å². The summed E-state index contributed by atoms with van der Waals surface area (Å²) >= 11 is 6.10. The molecule has 3 N–H and O–H groups in total. The number of amides is 2. The van der Waals surface area contributed by atoms with Crippen LogP contribution < -0.4 is 16.0 Å². The third-order valence-electron chi connectivity index (χ3n) is 2.54. The lowest BCUT2D eigenvalue weighted by molar-refractivity contribution is -0.118. The minimum absolute atomic E-state index is 0.157. The van der Waals surface area contributed by atoms with Crippen LogP contribution in [0.15, 0.2) is 18.2 Å². The first-order chi connectivity index (χ1) is 8.90. The molecule has 0 spiro atoms. The lowest BCUT2D eigenvalue weighted by Gasteiger charge is -2.15. The van der Waals surface area contributed by atoms with Crippen LogP contribution in [0.1, 0.15) is 19.3 Å². The van der Waals surface area contributed by atoms with Crippen molar-refractivity contribution in [2.45, 2.75) is 19.3 Å². The second kappa shape index (κ2) is 6.99. The molecule has 0 aliphatic carbocycles. The van der Waals surface area contributed by atoms with E-state index in [1.807, 2.05) is 25.1 Å². The maximum absolute atomic E-state index is 11.6. The van der Waals surface area contributed by atoms with Gasteiger partial charge in [-0.25, -0.2) is 0 Å². The molecular weight excluding hydrogens is 266 g/mol. The first-order valence-electron chi connectivity index (χ1n) is 5.95. The van der Waals surface area contributed by atoms with E-state index in [0.717, 1.165) is 5.69 Å². The summed E-state index contributed by atoms with van der Waals surface area (Å²) in [5.41, 5.74) is 6.52. The third-order valence-corrected chi connectivity index (χ3v) is 2.84. The van der Waals surface area contributed by atoms with Crippen LogP contribution in [0.4, 0.5) is 11.4 Å². The molecule has 0 aromatic heterocycles. The zero-order valence-electron chi connectivity index (χ0n) is 11.1. The number of hydrogen-bond acceptors (Lipinski definition) is 3. The minimum atomic E-state index is -0.397. The van der Waals surface area contributed by atoms with Gasteiger partial charge in [0.1, 0.15) is 0 Å². The molecule has 5 nitrogen and oxygen atoms in total. The zero-order valence-corrected chi connectivity index (χ0v) is 11.8. The standard InChI is InChI=1S/C13H18ClN3O2/c1-17(2)11-7-6-9(8-10(11)14)16-13(19)5-3-4-12(15)18/h6-8H,3-5H2,1-2H3,(H2,15,18)(H,16,19). The highest BCUT2D eigenvalue weighted by atomic mass is 35.5. The Morgan fingerprint density at radius 1 is 1.32 bits per heavy atom. The maximum atomic E-state index is 11.6. The van der Waals surface area contributed by atoms with Crippen molar-refractivity contribution in [3.05, 3.63) is 23.2 Å². The molecule has 0 aliphatic heterocycles. The van der Waals surface area contributed by atoms with Gasteiger partial charge < -0.3 is 16.0 Å². The molecule has 1 aromatic carbocycles. The van der Waals surface area contributed by atoms with Crippen LogP contribution in [0.3, 0.4) is 0 Å². The molecule has 0 radical (unpaired) electrons. The van der Waals surface area contributed by atoms with Crippen molar-refractivity contribution >= 4 is 34.8 Å². The molecule has 104 valence electrons. The van der Waals surface area contributed by atoms with Crippen molar-refractivity contribution in [2.24, 2.45) is 5.73 Å². The van der Waals surface area contributed by atoms with Crippen LogP contribution in [0.25, 0.3) is 0 Å². The lowest BCUT2D eigenvalue weighted by atomic mass is 10.2. The Hall–Kier alpha value is -1.75. The number of nitrogens with two attached hydrogens (primary N) is 1. The molecule has 0 heterocycles. The molecule has 0 aliphatic rings. The first-order valence-corrected chi connectivity index (χ1v) is 6.33. The summed E-state index contributed by atoms with van der Waals surface area (Å²) in [7, 11) is 3.78. The number of carbonyl (C=O) groups excluding carboxylic acids is 2. The Morgan fingerprint density at radius 2 is 2.00 bits per heavy atom. The van der Waals surface area contributed by atoms with Crippen LogP contribution in [-0.2, 0) is 9.59 Å². The van der Waals surface area contributed by atoms with Crippen molar-refractivity contribution in [3.63, 3.8) is 0 Å². The molecule has 2 amide bonds. The van der Waals surface area contributed by atoms with Crippen LogP contribution in [0, 0.1) is 0 Å². The number of anilines is 2. The van der Waals surface area contributed by atoms with E-state index < -0.39 is 5.91 Å². The lowest BCUT2D eigenvalue weighted by Crippen LogP contribution is -2.15. The van der Waals surface area contributed by atoms with Gasteiger partial charge in [0, 0.05) is 32.6 Å². The number of rotatable bonds is 6. The Kier molecular flexibility index (Phi) is 5.63. The summed E-state index contributed by atoms with van der Waals surface area (Å²) in [5, 5.41) is 3.30. The fraction of sp³-hybridized carbons (Fsp3) is 0.385. The van der Waals surface area contributed by atoms with E-state index in [0.29, 0.717) is 17.1 Å². The van der Waals surface area contributed by atoms with Crippen molar-refractivity contribution in [3.8, 4) is 0 Å². The molecule has 0 unspecified atom stereocenters. The van der Waals surface area contributed by atoms with Crippen LogP contribution >= 0.6 is 11.6 Å². The first kappa shape index (κ1) is 15.3. The highest BCUT2D eigenvalue weighted by Crippen LogP contribution is 2.27. The molecule has 1 aromatic rings. The van der Waals surface area contributed by atoms with Crippen LogP contribution in [0.5, 0.6) is 0 Å². The summed E-state index contributed by atoms with van der Waals surface area (Å²) in [5.74, 6) is -0.555. The normalized spacial score (nSPS) is 10.1. The zero-order chi connectivity index (χ0) is 14.4. The van der Waals surface area contributed by atoms with E-state index in [-0.39, 0.29) is 18.7 Å². The predicted octanol–water partition coefficient (Wildman–Crippen LogP) is 2.00. The SMILES string of the molecule is CN(C)c1ccc(NC(=O)CCCC(N)=O)cc1Cl. The molecule has 0 bridgehead atoms. The van der Waals surface area contributed by atoms with Gasteiger partial charge in [0.15, 0.2) is 0 Å². The van der Waals surface area contributed by atoms with Gasteiger partial charge in [-0.15, -0.1) is 0 Å². The Morgan fingerprint density at radius 3 is 2.53 bits per heavy atom. The van der Waals surface area contributed by atoms with E-state index in [2.05, 4.69) is 5.32 Å². The van der Waals surface area contributed by atoms with Crippen LogP contribution in [0.2, 0.25) is 5.02 Å². The average Bonchev–Trinajstić information content (AvgIpc) is 2.27. The topological polar surface area (TPSA) is 75.4 Å². The third kappa shape index (κ3) is 5.18. The highest BCUT2D eigenvalue weighted by molar-refractivity contribution is 6.33. The van der Waals surface area contributed by atoms with Crippen LogP contribution in [-0.4, -0.2) is 25.9 Å². The maximum Gasteiger partial charge on any atom is 0.224 e. The molecule has 0 saturated carbocycles. The fourth-order valence-corrected chi connectivity index (χ4v) is 1.94. The van der Waals surface area contributed by atoms with Crippen molar-refractivity contribution in [1.29, 1.82) is 0 Å². The second-order valence-electron chi connectivity index (χ2n) is 4.43. The summed E-state index contributed by atoms with van der Waals surface area (Å²) in [6, 6.07) is 5.32. The van der Waals surface area contributed by atoms with Crippen molar-refractivity contribution in [1.82, 2.24) is 0 Å². The molecule has 0 atom stereocenters. The predicted molar refractivity (Wildman–Crippen MR) is 77.5 cm³/mol. The largest absolute Gasteiger partial charge is 0.376 e. The Balaban J connectivity index is 2.55. The Labute approximate surface area is 117 Å². The van der Waals surface area contributed by atoms with E-state index in [9.17, 15) is 9.59 Å². The van der Waals surface area contributed by atoms with E-state index >= 15 is 0 Å². The fourth-order valence-electron chi connectivity index (χ4n) is 1.59. The number of nitrogens with zero attached hydrogens (tertiary/aromatic N) is 1. The molecule has 0 saturated heterocycles. The van der Waals surface area contributed by atoms with Gasteiger partial charge in [-0.1, -0.05) is 11.6 Å². The number of halogens is 1. The van der Waals surface area contributed by atoms with E-state index in [4.69, 9.17) is 17.3 Å². The summed E-state index contributed by atoms with van der Waals surface area (Å²) in [6.07, 6.45) is 0.925. The molecule has 0 fully saturated rings. The van der Waals surface area contributed by atoms with E-state index in [1.165, 1.54) is 0 Å². The summed E-state index contributed by atoms with van der Waals surface area (Å²) in [6.45, 7) is 0. The molecule has 6 heteroatoms. The second-order valence-corrected chi connectivity index (χ2v) is 4.84. The molecular formula is C13H18ClN3O2. The van der Waals surface area contributed by atoms with E-state index in [1.54, 1.807) is 12.1 Å².